The van der Waals surface area contributed by atoms with Crippen molar-refractivity contribution >= 4 is 33.2 Å². The smallest absolute Gasteiger partial charge is 0.222 e. The third-order valence-electron chi connectivity index (χ3n) is 3.79. The lowest BCUT2D eigenvalue weighted by atomic mass is 9.95. The summed E-state index contributed by atoms with van der Waals surface area (Å²) in [4.78, 5) is 13.9. The molecule has 0 spiro atoms. The van der Waals surface area contributed by atoms with Crippen LogP contribution in [0.4, 0.5) is 11.4 Å². The Bertz CT molecular complexity index is 482. The van der Waals surface area contributed by atoms with Gasteiger partial charge in [-0.2, -0.15) is 0 Å². The quantitative estimate of drug-likeness (QED) is 0.820. The Balaban J connectivity index is 2.10. The molecule has 0 aromatic heterocycles. The number of benzene rings is 1. The zero-order valence-electron chi connectivity index (χ0n) is 11.4. The largest absolute Gasteiger partial charge is 0.398 e. The van der Waals surface area contributed by atoms with Crippen LogP contribution in [-0.4, -0.2) is 26.0 Å². The summed E-state index contributed by atoms with van der Waals surface area (Å²) >= 11 is 3.57. The van der Waals surface area contributed by atoms with E-state index in [0.29, 0.717) is 0 Å². The second-order valence-corrected chi connectivity index (χ2v) is 5.89. The number of amides is 1. The fraction of sp³-hybridized carbons (Fsp3) is 0.500. The first-order chi connectivity index (χ1) is 9.02. The minimum absolute atomic E-state index is 0.148. The topological polar surface area (TPSA) is 58.4 Å². The molecule has 19 heavy (non-hydrogen) atoms. The van der Waals surface area contributed by atoms with Crippen molar-refractivity contribution in [1.29, 1.82) is 0 Å². The van der Waals surface area contributed by atoms with Crippen molar-refractivity contribution in [1.82, 2.24) is 5.32 Å². The van der Waals surface area contributed by atoms with Crippen molar-refractivity contribution < 1.29 is 4.79 Å². The number of aryl methyl sites for hydroxylation is 1. The Kier molecular flexibility index (Phi) is 4.34. The van der Waals surface area contributed by atoms with Crippen LogP contribution in [-0.2, 0) is 4.79 Å². The van der Waals surface area contributed by atoms with Gasteiger partial charge in [-0.05, 0) is 53.4 Å². The van der Waals surface area contributed by atoms with Crippen molar-refractivity contribution in [3.8, 4) is 0 Å². The van der Waals surface area contributed by atoms with E-state index in [4.69, 9.17) is 5.73 Å². The molecule has 1 aliphatic heterocycles. The number of anilines is 2. The number of hydrogen-bond donors (Lipinski definition) is 2. The van der Waals surface area contributed by atoms with Crippen LogP contribution in [0.25, 0.3) is 0 Å². The molecule has 5 heteroatoms. The van der Waals surface area contributed by atoms with Crippen molar-refractivity contribution in [2.75, 3.05) is 30.8 Å². The fourth-order valence-electron chi connectivity index (χ4n) is 2.51. The highest BCUT2D eigenvalue weighted by molar-refractivity contribution is 9.10. The number of nitrogens with one attached hydrogen (secondary N) is 1. The molecule has 1 heterocycles. The van der Waals surface area contributed by atoms with E-state index in [1.54, 1.807) is 7.05 Å². The summed E-state index contributed by atoms with van der Waals surface area (Å²) in [5, 5.41) is 2.73. The van der Waals surface area contributed by atoms with Gasteiger partial charge in [-0.25, -0.2) is 0 Å². The molecule has 0 atom stereocenters. The molecule has 1 amide bonds. The first-order valence-electron chi connectivity index (χ1n) is 6.55. The molecule has 1 saturated heterocycles. The standard InChI is InChI=1S/C14H20BrN3O/c1-9-7-13(11(15)8-12(9)16)18-5-3-10(4-6-18)14(19)17-2/h7-8,10H,3-6,16H2,1-2H3,(H,17,19). The molecular formula is C14H20BrN3O. The van der Waals surface area contributed by atoms with E-state index in [2.05, 4.69) is 32.2 Å². The number of piperidine rings is 1. The number of carbonyl (C=O) groups is 1. The molecule has 0 unspecified atom stereocenters. The molecule has 1 aliphatic rings. The summed E-state index contributed by atoms with van der Waals surface area (Å²) in [6, 6.07) is 4.06. The van der Waals surface area contributed by atoms with Crippen molar-refractivity contribution in [2.45, 2.75) is 19.8 Å². The lowest BCUT2D eigenvalue weighted by Crippen LogP contribution is -2.39. The van der Waals surface area contributed by atoms with Gasteiger partial charge in [0.1, 0.15) is 0 Å². The van der Waals surface area contributed by atoms with E-state index in [9.17, 15) is 4.79 Å². The highest BCUT2D eigenvalue weighted by atomic mass is 79.9. The molecular weight excluding hydrogens is 306 g/mol. The summed E-state index contributed by atoms with van der Waals surface area (Å²) < 4.78 is 1.02. The second kappa shape index (κ2) is 5.82. The number of nitrogens with two attached hydrogens (primary N) is 1. The van der Waals surface area contributed by atoms with E-state index in [1.165, 1.54) is 5.69 Å². The van der Waals surface area contributed by atoms with Gasteiger partial charge in [-0.15, -0.1) is 0 Å². The Morgan fingerprint density at radius 3 is 2.63 bits per heavy atom. The third kappa shape index (κ3) is 3.03. The van der Waals surface area contributed by atoms with Crippen molar-refractivity contribution in [2.24, 2.45) is 5.92 Å². The molecule has 4 nitrogen and oxygen atoms in total. The third-order valence-corrected chi connectivity index (χ3v) is 4.42. The molecule has 3 N–H and O–H groups in total. The van der Waals surface area contributed by atoms with Gasteiger partial charge in [0.2, 0.25) is 5.91 Å². The molecule has 0 bridgehead atoms. The fourth-order valence-corrected chi connectivity index (χ4v) is 3.12. The van der Waals surface area contributed by atoms with Crippen molar-refractivity contribution in [3.63, 3.8) is 0 Å². The first-order valence-corrected chi connectivity index (χ1v) is 7.34. The predicted molar refractivity (Wildman–Crippen MR) is 82.3 cm³/mol. The van der Waals surface area contributed by atoms with E-state index in [0.717, 1.165) is 41.7 Å². The van der Waals surface area contributed by atoms with E-state index in [-0.39, 0.29) is 11.8 Å². The molecule has 104 valence electrons. The molecule has 0 radical (unpaired) electrons. The molecule has 1 aromatic carbocycles. The maximum Gasteiger partial charge on any atom is 0.222 e. The van der Waals surface area contributed by atoms with E-state index >= 15 is 0 Å². The van der Waals surface area contributed by atoms with Crippen molar-refractivity contribution in [3.05, 3.63) is 22.2 Å². The average Bonchev–Trinajstić information content (AvgIpc) is 2.42. The van der Waals surface area contributed by atoms with Crippen LogP contribution >= 0.6 is 15.9 Å². The zero-order valence-corrected chi connectivity index (χ0v) is 13.0. The lowest BCUT2D eigenvalue weighted by Gasteiger charge is -2.33. The highest BCUT2D eigenvalue weighted by Crippen LogP contribution is 2.33. The highest BCUT2D eigenvalue weighted by Gasteiger charge is 2.25. The minimum atomic E-state index is 0.148. The van der Waals surface area contributed by atoms with Crippen LogP contribution in [0.15, 0.2) is 16.6 Å². The number of hydrogen-bond acceptors (Lipinski definition) is 3. The Hall–Kier alpha value is -1.23. The normalized spacial score (nSPS) is 16.5. The maximum atomic E-state index is 11.6. The van der Waals surface area contributed by atoms with Gasteiger partial charge in [0, 0.05) is 36.2 Å². The molecule has 1 aromatic rings. The number of halogens is 1. The summed E-state index contributed by atoms with van der Waals surface area (Å²) in [7, 11) is 1.70. The maximum absolute atomic E-state index is 11.6. The Morgan fingerprint density at radius 1 is 1.42 bits per heavy atom. The summed E-state index contributed by atoms with van der Waals surface area (Å²) in [5.74, 6) is 0.308. The van der Waals surface area contributed by atoms with Crippen LogP contribution < -0.4 is 16.0 Å². The number of nitrogens with zero attached hydrogens (tertiary/aromatic N) is 1. The summed E-state index contributed by atoms with van der Waals surface area (Å²) in [6.07, 6.45) is 1.80. The van der Waals surface area contributed by atoms with Gasteiger partial charge in [0.05, 0.1) is 5.69 Å². The molecule has 0 aliphatic carbocycles. The number of rotatable bonds is 2. The minimum Gasteiger partial charge on any atom is -0.398 e. The second-order valence-electron chi connectivity index (χ2n) is 5.04. The molecule has 0 saturated carbocycles. The van der Waals surface area contributed by atoms with Crippen LogP contribution in [0, 0.1) is 12.8 Å². The van der Waals surface area contributed by atoms with Gasteiger partial charge < -0.3 is 16.0 Å². The zero-order chi connectivity index (χ0) is 14.0. The summed E-state index contributed by atoms with van der Waals surface area (Å²) in [6.45, 7) is 3.82. The predicted octanol–water partition coefficient (Wildman–Crippen LogP) is 2.30. The lowest BCUT2D eigenvalue weighted by molar-refractivity contribution is -0.125. The van der Waals surface area contributed by atoms with Crippen LogP contribution in [0.2, 0.25) is 0 Å². The Morgan fingerprint density at radius 2 is 2.05 bits per heavy atom. The van der Waals surface area contributed by atoms with Gasteiger partial charge in [0.25, 0.3) is 0 Å². The Labute approximate surface area is 122 Å². The van der Waals surface area contributed by atoms with Crippen LogP contribution in [0.3, 0.4) is 0 Å². The monoisotopic (exact) mass is 325 g/mol. The number of carbonyl (C=O) groups excluding carboxylic acids is 1. The van der Waals surface area contributed by atoms with E-state index < -0.39 is 0 Å². The van der Waals surface area contributed by atoms with Gasteiger partial charge in [0.15, 0.2) is 0 Å². The molecule has 1 fully saturated rings. The molecule has 2 rings (SSSR count). The SMILES string of the molecule is CNC(=O)C1CCN(c2cc(C)c(N)cc2Br)CC1. The van der Waals surface area contributed by atoms with Gasteiger partial charge in [-0.3, -0.25) is 4.79 Å². The van der Waals surface area contributed by atoms with Gasteiger partial charge in [-0.1, -0.05) is 0 Å². The van der Waals surface area contributed by atoms with Gasteiger partial charge >= 0.3 is 0 Å². The van der Waals surface area contributed by atoms with Crippen LogP contribution in [0.5, 0.6) is 0 Å². The number of nitrogen functional groups attached to an aromatic ring is 1. The van der Waals surface area contributed by atoms with Crippen LogP contribution in [0.1, 0.15) is 18.4 Å². The first kappa shape index (κ1) is 14.2. The summed E-state index contributed by atoms with van der Waals surface area (Å²) in [5.41, 5.74) is 8.96. The van der Waals surface area contributed by atoms with E-state index in [1.807, 2.05) is 13.0 Å². The average molecular weight is 326 g/mol.